The summed E-state index contributed by atoms with van der Waals surface area (Å²) in [4.78, 5) is 22.0. The molecule has 0 rings (SSSR count). The smallest absolute Gasteiger partial charge is 0.368 e. The van der Waals surface area contributed by atoms with E-state index in [2.05, 4.69) is 10.1 Å². The van der Waals surface area contributed by atoms with E-state index in [1.807, 2.05) is 6.26 Å². The number of carbonyl (C=O) groups excluding carboxylic acids is 2. The normalized spacial score (nSPS) is 13.1. The monoisotopic (exact) mass is 251 g/mol. The second-order valence-electron chi connectivity index (χ2n) is 3.25. The molecule has 0 aliphatic heterocycles. The maximum atomic E-state index is 11.1. The molecule has 0 unspecified atom stereocenters. The quantitative estimate of drug-likeness (QED) is 0.418. The number of hydrogen-bond acceptors (Lipinski definition) is 6. The van der Waals surface area contributed by atoms with Gasteiger partial charge in [0.05, 0.1) is 13.2 Å². The van der Waals surface area contributed by atoms with Crippen molar-refractivity contribution in [2.45, 2.75) is 25.2 Å². The number of carbonyl (C=O) groups is 2. The van der Waals surface area contributed by atoms with Gasteiger partial charge in [0.25, 0.3) is 5.79 Å². The van der Waals surface area contributed by atoms with Crippen molar-refractivity contribution in [2.75, 3.05) is 19.1 Å². The van der Waals surface area contributed by atoms with Gasteiger partial charge in [-0.3, -0.25) is 4.79 Å². The van der Waals surface area contributed by atoms with Gasteiger partial charge in [0.2, 0.25) is 5.91 Å². The molecule has 0 saturated carbocycles. The van der Waals surface area contributed by atoms with E-state index in [0.29, 0.717) is 5.75 Å². The number of ether oxygens (including phenoxy) is 1. The number of rotatable bonds is 6. The molecule has 0 bridgehead atoms. The zero-order valence-corrected chi connectivity index (χ0v) is 10.3. The first kappa shape index (κ1) is 15.2. The molecule has 94 valence electrons. The predicted octanol–water partition coefficient (Wildman–Crippen LogP) is -0.902. The van der Waals surface area contributed by atoms with Gasteiger partial charge < -0.3 is 20.3 Å². The van der Waals surface area contributed by atoms with E-state index in [4.69, 9.17) is 0 Å². The number of methoxy groups -OCH3 is 1. The number of hydrogen-bond donors (Lipinski definition) is 3. The molecule has 0 aromatic heterocycles. The lowest BCUT2D eigenvalue weighted by molar-refractivity contribution is -0.216. The summed E-state index contributed by atoms with van der Waals surface area (Å²) in [6.07, 6.45) is 2.09. The molecule has 7 heteroatoms. The molecule has 0 saturated heterocycles. The van der Waals surface area contributed by atoms with Gasteiger partial charge in [-0.15, -0.1) is 0 Å². The van der Waals surface area contributed by atoms with Crippen molar-refractivity contribution in [3.8, 4) is 0 Å². The molecule has 0 spiro atoms. The van der Waals surface area contributed by atoms with E-state index >= 15 is 0 Å². The first-order valence-corrected chi connectivity index (χ1v) is 6.04. The predicted molar refractivity (Wildman–Crippen MR) is 59.8 cm³/mol. The van der Waals surface area contributed by atoms with Crippen LogP contribution in [0.5, 0.6) is 0 Å². The Bertz CT molecular complexity index is 256. The highest BCUT2D eigenvalue weighted by atomic mass is 32.2. The van der Waals surface area contributed by atoms with Crippen molar-refractivity contribution in [2.24, 2.45) is 0 Å². The second kappa shape index (κ2) is 6.72. The Kier molecular flexibility index (Phi) is 6.39. The van der Waals surface area contributed by atoms with Gasteiger partial charge in [-0.25, -0.2) is 4.79 Å². The van der Waals surface area contributed by atoms with E-state index in [0.717, 1.165) is 7.11 Å². The summed E-state index contributed by atoms with van der Waals surface area (Å²) in [6, 6.07) is -1.08. The minimum Gasteiger partial charge on any atom is -0.465 e. The molecule has 0 aromatic carbocycles. The highest BCUT2D eigenvalue weighted by molar-refractivity contribution is 7.98. The lowest BCUT2D eigenvalue weighted by Gasteiger charge is -2.28. The lowest BCUT2D eigenvalue weighted by atomic mass is 10.0. The maximum Gasteiger partial charge on any atom is 0.368 e. The van der Waals surface area contributed by atoms with Crippen LogP contribution in [0.25, 0.3) is 0 Å². The fraction of sp³-hybridized carbons (Fsp3) is 0.778. The van der Waals surface area contributed by atoms with Gasteiger partial charge >= 0.3 is 5.97 Å². The average Bonchev–Trinajstić information content (AvgIpc) is 2.22. The Morgan fingerprint density at radius 3 is 2.44 bits per heavy atom. The standard InChI is InChI=1S/C9H17NO5S/c1-6(11)10-7(4-5-16-3)9(13,14)8(12)15-2/h7,13-14H,4-5H2,1-3H3,(H,10,11)/t7-/m0/s1. The Labute approximate surface area is 98.4 Å². The molecule has 1 amide bonds. The van der Waals surface area contributed by atoms with E-state index in [1.54, 1.807) is 0 Å². The van der Waals surface area contributed by atoms with Crippen LogP contribution in [0.4, 0.5) is 0 Å². The molecule has 0 aliphatic rings. The second-order valence-corrected chi connectivity index (χ2v) is 4.24. The van der Waals surface area contributed by atoms with Crippen molar-refractivity contribution in [3.63, 3.8) is 0 Å². The molecular formula is C9H17NO5S. The van der Waals surface area contributed by atoms with E-state index in [1.165, 1.54) is 18.7 Å². The molecule has 3 N–H and O–H groups in total. The topological polar surface area (TPSA) is 95.9 Å². The molecule has 6 nitrogen and oxygen atoms in total. The fourth-order valence-electron chi connectivity index (χ4n) is 1.15. The van der Waals surface area contributed by atoms with Crippen molar-refractivity contribution in [1.82, 2.24) is 5.32 Å². The number of amides is 1. The third kappa shape index (κ3) is 4.38. The summed E-state index contributed by atoms with van der Waals surface area (Å²) >= 11 is 1.47. The van der Waals surface area contributed by atoms with Gasteiger partial charge in [0, 0.05) is 6.92 Å². The Morgan fingerprint density at radius 2 is 2.06 bits per heavy atom. The largest absolute Gasteiger partial charge is 0.465 e. The van der Waals surface area contributed by atoms with Crippen LogP contribution in [0.1, 0.15) is 13.3 Å². The molecule has 16 heavy (non-hydrogen) atoms. The highest BCUT2D eigenvalue weighted by Crippen LogP contribution is 2.14. The zero-order chi connectivity index (χ0) is 12.8. The van der Waals surface area contributed by atoms with Gasteiger partial charge in [0.15, 0.2) is 0 Å². The summed E-state index contributed by atoms with van der Waals surface area (Å²) in [7, 11) is 1.04. The summed E-state index contributed by atoms with van der Waals surface area (Å²) in [5.74, 6) is -3.75. The Hall–Kier alpha value is -0.790. The number of esters is 1. The Morgan fingerprint density at radius 1 is 1.50 bits per heavy atom. The van der Waals surface area contributed by atoms with Crippen LogP contribution in [-0.4, -0.2) is 53.0 Å². The molecule has 0 fully saturated rings. The molecule has 0 radical (unpaired) electrons. The summed E-state index contributed by atoms with van der Waals surface area (Å²) in [6.45, 7) is 1.24. The zero-order valence-electron chi connectivity index (χ0n) is 9.52. The van der Waals surface area contributed by atoms with Crippen molar-refractivity contribution in [1.29, 1.82) is 0 Å². The maximum absolute atomic E-state index is 11.1. The third-order valence-corrected chi connectivity index (χ3v) is 2.60. The van der Waals surface area contributed by atoms with Gasteiger partial charge in [0.1, 0.15) is 0 Å². The van der Waals surface area contributed by atoms with Crippen LogP contribution in [0, 0.1) is 0 Å². The Balaban J connectivity index is 4.70. The average molecular weight is 251 g/mol. The lowest BCUT2D eigenvalue weighted by Crippen LogP contribution is -2.57. The van der Waals surface area contributed by atoms with Crippen molar-refractivity contribution in [3.05, 3.63) is 0 Å². The van der Waals surface area contributed by atoms with Crippen LogP contribution in [0.3, 0.4) is 0 Å². The SMILES string of the molecule is COC(=O)C(O)(O)[C@H](CCSC)NC(C)=O. The molecule has 0 heterocycles. The highest BCUT2D eigenvalue weighted by Gasteiger charge is 2.43. The molecule has 0 aromatic rings. The van der Waals surface area contributed by atoms with Crippen molar-refractivity contribution < 1.29 is 24.5 Å². The third-order valence-electron chi connectivity index (χ3n) is 1.96. The van der Waals surface area contributed by atoms with Crippen LogP contribution in [0.2, 0.25) is 0 Å². The molecular weight excluding hydrogens is 234 g/mol. The van der Waals surface area contributed by atoms with Crippen LogP contribution >= 0.6 is 11.8 Å². The molecule has 1 atom stereocenters. The van der Waals surface area contributed by atoms with Gasteiger partial charge in [-0.05, 0) is 18.4 Å². The van der Waals surface area contributed by atoms with Crippen LogP contribution < -0.4 is 5.32 Å². The van der Waals surface area contributed by atoms with Gasteiger partial charge in [-0.2, -0.15) is 11.8 Å². The fourth-order valence-corrected chi connectivity index (χ4v) is 1.62. The summed E-state index contributed by atoms with van der Waals surface area (Å²) in [5, 5.41) is 21.5. The summed E-state index contributed by atoms with van der Waals surface area (Å²) in [5.41, 5.74) is 0. The first-order chi connectivity index (χ1) is 7.36. The number of nitrogens with one attached hydrogen (secondary N) is 1. The number of aliphatic hydroxyl groups is 2. The van der Waals surface area contributed by atoms with Crippen LogP contribution in [-0.2, 0) is 14.3 Å². The van der Waals surface area contributed by atoms with Crippen LogP contribution in [0.15, 0.2) is 0 Å². The van der Waals surface area contributed by atoms with E-state index in [9.17, 15) is 19.8 Å². The first-order valence-electron chi connectivity index (χ1n) is 4.65. The number of thioether (sulfide) groups is 1. The minimum atomic E-state index is -2.70. The van der Waals surface area contributed by atoms with E-state index < -0.39 is 23.7 Å². The summed E-state index contributed by atoms with van der Waals surface area (Å²) < 4.78 is 4.26. The van der Waals surface area contributed by atoms with Gasteiger partial charge in [-0.1, -0.05) is 0 Å². The van der Waals surface area contributed by atoms with Crippen molar-refractivity contribution >= 4 is 23.6 Å². The minimum absolute atomic E-state index is 0.253. The van der Waals surface area contributed by atoms with E-state index in [-0.39, 0.29) is 6.42 Å². The molecule has 0 aliphatic carbocycles.